The van der Waals surface area contributed by atoms with E-state index in [1.807, 2.05) is 44.2 Å². The van der Waals surface area contributed by atoms with Crippen molar-refractivity contribution >= 4 is 20.4 Å². The van der Waals surface area contributed by atoms with Crippen LogP contribution >= 0.6 is 8.58 Å². The Labute approximate surface area is 121 Å². The molecule has 0 radical (unpaired) electrons. The first-order chi connectivity index (χ1) is 9.41. The minimum Gasteiger partial charge on any atom is -0.348 e. The topological polar surface area (TPSA) is 58.2 Å². The number of hydrogen-bond donors (Lipinski definition) is 2. The third-order valence-electron chi connectivity index (χ3n) is 2.53. The van der Waals surface area contributed by atoms with E-state index in [2.05, 4.69) is 10.6 Å². The second kappa shape index (κ2) is 7.81. The molecule has 20 heavy (non-hydrogen) atoms. The van der Waals surface area contributed by atoms with Gasteiger partial charge in [-0.25, -0.2) is 0 Å². The lowest BCUT2D eigenvalue weighted by atomic mass is 10.2. The molecule has 0 saturated carbocycles. The fourth-order valence-electron chi connectivity index (χ4n) is 1.65. The summed E-state index contributed by atoms with van der Waals surface area (Å²) < 4.78 is 0. The maximum atomic E-state index is 12.0. The van der Waals surface area contributed by atoms with Gasteiger partial charge >= 0.3 is 0 Å². The van der Waals surface area contributed by atoms with Crippen LogP contribution in [0.1, 0.15) is 20.8 Å². The first-order valence-corrected chi connectivity index (χ1v) is 7.65. The average molecular weight is 292 g/mol. The molecule has 0 spiro atoms. The molecule has 0 bridgehead atoms. The van der Waals surface area contributed by atoms with Crippen molar-refractivity contribution in [1.82, 2.24) is 10.6 Å². The monoisotopic (exact) mass is 292 g/mol. The Kier molecular flexibility index (Phi) is 6.40. The summed E-state index contributed by atoms with van der Waals surface area (Å²) in [6, 6.07) is 0. The molecule has 1 unspecified atom stereocenters. The summed E-state index contributed by atoms with van der Waals surface area (Å²) in [6.45, 7) is 5.39. The van der Waals surface area contributed by atoms with Crippen LogP contribution in [0, 0.1) is 0 Å². The number of allylic oxidation sites excluding steroid dienone is 6. The zero-order chi connectivity index (χ0) is 15.0. The highest BCUT2D eigenvalue weighted by atomic mass is 31.1. The number of hydrogen-bond acceptors (Lipinski definition) is 2. The highest BCUT2D eigenvalue weighted by Gasteiger charge is 2.18. The summed E-state index contributed by atoms with van der Waals surface area (Å²) in [6.07, 6.45) is 13.4. The van der Waals surface area contributed by atoms with Crippen molar-refractivity contribution in [1.29, 1.82) is 0 Å². The molecule has 0 heterocycles. The SMILES string of the molecule is CC(=O)NC(C)(C)PCNC(=O)C1=C/C=C\C=C/C=C\1. The van der Waals surface area contributed by atoms with Gasteiger partial charge in [0.1, 0.15) is 0 Å². The van der Waals surface area contributed by atoms with E-state index in [0.29, 0.717) is 20.4 Å². The lowest BCUT2D eigenvalue weighted by molar-refractivity contribution is -0.119. The van der Waals surface area contributed by atoms with E-state index in [4.69, 9.17) is 0 Å². The van der Waals surface area contributed by atoms with E-state index < -0.39 is 0 Å². The van der Waals surface area contributed by atoms with E-state index in [-0.39, 0.29) is 17.1 Å². The summed E-state index contributed by atoms with van der Waals surface area (Å²) in [5.41, 5.74) is 0.618. The van der Waals surface area contributed by atoms with Crippen molar-refractivity contribution in [2.24, 2.45) is 0 Å². The minimum atomic E-state index is -0.299. The van der Waals surface area contributed by atoms with E-state index in [1.165, 1.54) is 6.92 Å². The number of rotatable bonds is 5. The summed E-state index contributed by atoms with van der Waals surface area (Å²) >= 11 is 0. The van der Waals surface area contributed by atoms with Gasteiger partial charge in [0.15, 0.2) is 0 Å². The Balaban J connectivity index is 2.45. The van der Waals surface area contributed by atoms with Gasteiger partial charge in [0.25, 0.3) is 5.91 Å². The molecule has 0 aromatic rings. The molecular weight excluding hydrogens is 271 g/mol. The molecule has 0 aromatic heterocycles. The van der Waals surface area contributed by atoms with Crippen LogP contribution in [0.4, 0.5) is 0 Å². The molecule has 5 heteroatoms. The van der Waals surface area contributed by atoms with Gasteiger partial charge in [-0.2, -0.15) is 0 Å². The van der Waals surface area contributed by atoms with Crippen LogP contribution < -0.4 is 10.6 Å². The van der Waals surface area contributed by atoms with E-state index >= 15 is 0 Å². The summed E-state index contributed by atoms with van der Waals surface area (Å²) in [7, 11) is 0.408. The van der Waals surface area contributed by atoms with Crippen molar-refractivity contribution in [2.75, 3.05) is 6.29 Å². The number of carbonyl (C=O) groups is 2. The zero-order valence-electron chi connectivity index (χ0n) is 12.1. The third-order valence-corrected chi connectivity index (χ3v) is 3.89. The highest BCUT2D eigenvalue weighted by molar-refractivity contribution is 7.39. The fourth-order valence-corrected chi connectivity index (χ4v) is 2.60. The van der Waals surface area contributed by atoms with Crippen LogP contribution in [-0.2, 0) is 9.59 Å². The molecule has 4 nitrogen and oxygen atoms in total. The van der Waals surface area contributed by atoms with Gasteiger partial charge < -0.3 is 10.6 Å². The van der Waals surface area contributed by atoms with E-state index in [9.17, 15) is 9.59 Å². The maximum Gasteiger partial charge on any atom is 0.251 e. The Hall–Kier alpha value is -1.67. The quantitative estimate of drug-likeness (QED) is 0.763. The van der Waals surface area contributed by atoms with Crippen molar-refractivity contribution in [3.63, 3.8) is 0 Å². The van der Waals surface area contributed by atoms with Crippen molar-refractivity contribution in [2.45, 2.75) is 26.1 Å². The van der Waals surface area contributed by atoms with Gasteiger partial charge in [0.2, 0.25) is 5.91 Å². The van der Waals surface area contributed by atoms with Gasteiger partial charge in [-0.3, -0.25) is 9.59 Å². The predicted octanol–water partition coefficient (Wildman–Crippen LogP) is 2.22. The van der Waals surface area contributed by atoms with Crippen LogP contribution in [-0.4, -0.2) is 23.4 Å². The molecule has 1 rings (SSSR count). The van der Waals surface area contributed by atoms with Crippen LogP contribution in [0.3, 0.4) is 0 Å². The second-order valence-corrected chi connectivity index (χ2v) is 6.87. The summed E-state index contributed by atoms with van der Waals surface area (Å²) in [4.78, 5) is 23.0. The molecule has 0 saturated heterocycles. The van der Waals surface area contributed by atoms with Crippen LogP contribution in [0.2, 0.25) is 0 Å². The van der Waals surface area contributed by atoms with Crippen LogP contribution in [0.25, 0.3) is 0 Å². The Morgan fingerprint density at radius 1 is 1.15 bits per heavy atom. The van der Waals surface area contributed by atoms with E-state index in [1.54, 1.807) is 12.2 Å². The molecule has 2 amide bonds. The Bertz CT molecular complexity index is 488. The normalized spacial score (nSPS) is 22.2. The second-order valence-electron chi connectivity index (χ2n) is 4.92. The fraction of sp³-hybridized carbons (Fsp3) is 0.333. The zero-order valence-corrected chi connectivity index (χ0v) is 13.1. The Morgan fingerprint density at radius 2 is 1.80 bits per heavy atom. The molecule has 108 valence electrons. The number of nitrogens with one attached hydrogen (secondary N) is 2. The maximum absolute atomic E-state index is 12.0. The molecule has 1 atom stereocenters. The van der Waals surface area contributed by atoms with Gasteiger partial charge in [-0.1, -0.05) is 39.0 Å². The average Bonchev–Trinajstić information content (AvgIpc) is 2.25. The molecule has 0 aliphatic heterocycles. The van der Waals surface area contributed by atoms with Crippen molar-refractivity contribution in [3.05, 3.63) is 48.1 Å². The van der Waals surface area contributed by atoms with Gasteiger partial charge in [-0.05, 0) is 26.0 Å². The summed E-state index contributed by atoms with van der Waals surface area (Å²) in [5.74, 6) is -0.163. The lowest BCUT2D eigenvalue weighted by Gasteiger charge is -2.25. The Morgan fingerprint density at radius 3 is 2.50 bits per heavy atom. The minimum absolute atomic E-state index is 0.0589. The van der Waals surface area contributed by atoms with Crippen molar-refractivity contribution < 1.29 is 9.59 Å². The van der Waals surface area contributed by atoms with Gasteiger partial charge in [0.05, 0.1) is 5.28 Å². The van der Waals surface area contributed by atoms with Gasteiger partial charge in [-0.15, -0.1) is 0 Å². The highest BCUT2D eigenvalue weighted by Crippen LogP contribution is 2.26. The lowest BCUT2D eigenvalue weighted by Crippen LogP contribution is -2.39. The molecule has 0 fully saturated rings. The number of amides is 2. The standard InChI is InChI=1S/C15H21N2O2P/c1-12(18)17-15(2,3)20-11-16-14(19)13-9-7-5-4-6-8-10-13/h4-10,20H,11H2,1-3H3,(H,16,19)(H,17,18)/b5-4-,6-4?,7-5?,8-6-,9-7-,10-8?,13-9?,13-10+. The first kappa shape index (κ1) is 16.4. The predicted molar refractivity (Wildman–Crippen MR) is 84.7 cm³/mol. The third kappa shape index (κ3) is 6.48. The molecular formula is C15H21N2O2P. The van der Waals surface area contributed by atoms with Crippen LogP contribution in [0.5, 0.6) is 0 Å². The van der Waals surface area contributed by atoms with E-state index in [0.717, 1.165) is 0 Å². The van der Waals surface area contributed by atoms with Crippen LogP contribution in [0.15, 0.2) is 48.1 Å². The van der Waals surface area contributed by atoms with Gasteiger partial charge in [0, 0.05) is 18.8 Å². The largest absolute Gasteiger partial charge is 0.348 e. The smallest absolute Gasteiger partial charge is 0.251 e. The molecule has 1 aliphatic carbocycles. The van der Waals surface area contributed by atoms with Crippen molar-refractivity contribution in [3.8, 4) is 0 Å². The number of carbonyl (C=O) groups excluding carboxylic acids is 2. The molecule has 0 aromatic carbocycles. The molecule has 2 N–H and O–H groups in total. The molecule has 1 aliphatic rings. The summed E-state index contributed by atoms with van der Waals surface area (Å²) in [5, 5.41) is 5.44. The first-order valence-electron chi connectivity index (χ1n) is 6.44.